The predicted octanol–water partition coefficient (Wildman–Crippen LogP) is 0.153. The fourth-order valence-corrected chi connectivity index (χ4v) is 1.22. The summed E-state index contributed by atoms with van der Waals surface area (Å²) in [6.07, 6.45) is -2.12. The van der Waals surface area contributed by atoms with Gasteiger partial charge >= 0.3 is 0 Å². The number of hydrogen-bond donors (Lipinski definition) is 2. The molecule has 0 aromatic carbocycles. The molecule has 1 aliphatic rings. The lowest BCUT2D eigenvalue weighted by atomic mass is 10.0. The van der Waals surface area contributed by atoms with Crippen LogP contribution in [0.5, 0.6) is 0 Å². The van der Waals surface area contributed by atoms with Gasteiger partial charge in [0.1, 0.15) is 0 Å². The molecule has 0 unspecified atom stereocenters. The molecule has 6 heteroatoms. The average Bonchev–Trinajstić information content (AvgIpc) is 2.00. The fraction of sp³-hybridized carbons (Fsp3) is 1.00. The van der Waals surface area contributed by atoms with Gasteiger partial charge in [0, 0.05) is 11.3 Å². The third kappa shape index (κ3) is 1.86. The summed E-state index contributed by atoms with van der Waals surface area (Å²) in [5.74, 6) is 0. The number of hydrogen-bond acceptors (Lipinski definition) is 4. The van der Waals surface area contributed by atoms with Gasteiger partial charge in [-0.1, -0.05) is 5.11 Å². The Bertz CT molecular complexity index is 204. The minimum absolute atomic E-state index is 0.148. The molecule has 1 rings (SSSR count). The van der Waals surface area contributed by atoms with Crippen molar-refractivity contribution >= 4 is 0 Å². The molecular formula is C6H11N3O3. The van der Waals surface area contributed by atoms with Gasteiger partial charge in [0.2, 0.25) is 0 Å². The van der Waals surface area contributed by atoms with Gasteiger partial charge in [-0.3, -0.25) is 0 Å². The van der Waals surface area contributed by atoms with Gasteiger partial charge in [0.25, 0.3) is 0 Å². The van der Waals surface area contributed by atoms with Crippen molar-refractivity contribution < 1.29 is 14.9 Å². The van der Waals surface area contributed by atoms with E-state index in [0.717, 1.165) is 0 Å². The second-order valence-corrected chi connectivity index (χ2v) is 2.79. The minimum atomic E-state index is -0.945. The SMILES string of the molecule is C[C@H]1O[C@@H](O)C[C@H](N=[N+]=[N-])[C@@H]1O. The number of aliphatic hydroxyl groups excluding tert-OH is 2. The van der Waals surface area contributed by atoms with Crippen LogP contribution in [0.25, 0.3) is 10.4 Å². The molecule has 0 aromatic heterocycles. The number of rotatable bonds is 1. The van der Waals surface area contributed by atoms with Crippen molar-refractivity contribution in [3.05, 3.63) is 10.4 Å². The highest BCUT2D eigenvalue weighted by Crippen LogP contribution is 2.21. The van der Waals surface area contributed by atoms with E-state index in [-0.39, 0.29) is 6.42 Å². The van der Waals surface area contributed by atoms with Crippen LogP contribution in [-0.4, -0.2) is 34.8 Å². The molecule has 2 N–H and O–H groups in total. The standard InChI is InChI=1S/C6H11N3O3/c1-3-6(11)4(8-9-7)2-5(10)12-3/h3-6,10-11H,2H2,1H3/t3-,4+,5-,6-/m1/s1. The lowest BCUT2D eigenvalue weighted by Crippen LogP contribution is -2.45. The van der Waals surface area contributed by atoms with Gasteiger partial charge in [-0.05, 0) is 12.5 Å². The molecule has 1 heterocycles. The van der Waals surface area contributed by atoms with Gasteiger partial charge in [-0.15, -0.1) is 0 Å². The summed E-state index contributed by atoms with van der Waals surface area (Å²) in [4.78, 5) is 2.58. The smallest absolute Gasteiger partial charge is 0.155 e. The fourth-order valence-electron chi connectivity index (χ4n) is 1.22. The van der Waals surface area contributed by atoms with Crippen LogP contribution in [0.1, 0.15) is 13.3 Å². The molecule has 6 nitrogen and oxygen atoms in total. The van der Waals surface area contributed by atoms with E-state index in [4.69, 9.17) is 15.4 Å². The molecule has 1 fully saturated rings. The minimum Gasteiger partial charge on any atom is -0.390 e. The summed E-state index contributed by atoms with van der Waals surface area (Å²) in [6.45, 7) is 1.62. The Morgan fingerprint density at radius 2 is 2.25 bits per heavy atom. The van der Waals surface area contributed by atoms with Crippen LogP contribution in [0.3, 0.4) is 0 Å². The van der Waals surface area contributed by atoms with Crippen LogP contribution in [-0.2, 0) is 4.74 Å². The Kier molecular flexibility index (Phi) is 2.88. The second-order valence-electron chi connectivity index (χ2n) is 2.79. The molecule has 0 saturated carbocycles. The Morgan fingerprint density at radius 3 is 2.83 bits per heavy atom. The van der Waals surface area contributed by atoms with Crippen molar-refractivity contribution in [2.75, 3.05) is 0 Å². The maximum atomic E-state index is 9.39. The van der Waals surface area contributed by atoms with E-state index >= 15 is 0 Å². The molecule has 4 atom stereocenters. The molecule has 1 saturated heterocycles. The highest BCUT2D eigenvalue weighted by atomic mass is 16.6. The van der Waals surface area contributed by atoms with Crippen molar-refractivity contribution in [2.24, 2.45) is 5.11 Å². The van der Waals surface area contributed by atoms with Gasteiger partial charge < -0.3 is 14.9 Å². The van der Waals surface area contributed by atoms with Crippen molar-refractivity contribution in [1.82, 2.24) is 0 Å². The Labute approximate surface area is 69.4 Å². The lowest BCUT2D eigenvalue weighted by Gasteiger charge is -2.33. The summed E-state index contributed by atoms with van der Waals surface area (Å²) >= 11 is 0. The van der Waals surface area contributed by atoms with E-state index in [2.05, 4.69) is 10.0 Å². The largest absolute Gasteiger partial charge is 0.390 e. The van der Waals surface area contributed by atoms with E-state index in [1.54, 1.807) is 6.92 Å². The second kappa shape index (κ2) is 3.73. The summed E-state index contributed by atoms with van der Waals surface area (Å²) in [6, 6.07) is -0.589. The number of ether oxygens (including phenoxy) is 1. The van der Waals surface area contributed by atoms with Crippen LogP contribution in [0.4, 0.5) is 0 Å². The zero-order valence-electron chi connectivity index (χ0n) is 6.66. The molecule has 0 bridgehead atoms. The number of aliphatic hydroxyl groups is 2. The lowest BCUT2D eigenvalue weighted by molar-refractivity contribution is -0.198. The van der Waals surface area contributed by atoms with Gasteiger partial charge in [-0.2, -0.15) is 0 Å². The third-order valence-corrected chi connectivity index (χ3v) is 1.89. The molecule has 0 amide bonds. The maximum absolute atomic E-state index is 9.39. The van der Waals surface area contributed by atoms with Crippen LogP contribution < -0.4 is 0 Å². The van der Waals surface area contributed by atoms with E-state index < -0.39 is 24.5 Å². The maximum Gasteiger partial charge on any atom is 0.155 e. The van der Waals surface area contributed by atoms with Crippen molar-refractivity contribution in [3.63, 3.8) is 0 Å². The molecule has 1 aliphatic heterocycles. The third-order valence-electron chi connectivity index (χ3n) is 1.89. The Balaban J connectivity index is 2.65. The molecule has 68 valence electrons. The highest BCUT2D eigenvalue weighted by Gasteiger charge is 2.33. The highest BCUT2D eigenvalue weighted by molar-refractivity contribution is 4.85. The Morgan fingerprint density at radius 1 is 1.58 bits per heavy atom. The van der Waals surface area contributed by atoms with Gasteiger partial charge in [-0.25, -0.2) is 0 Å². The predicted molar refractivity (Wildman–Crippen MR) is 40.1 cm³/mol. The van der Waals surface area contributed by atoms with Crippen LogP contribution in [0, 0.1) is 0 Å². The first-order chi connectivity index (χ1) is 5.65. The number of azide groups is 1. The van der Waals surface area contributed by atoms with Crippen molar-refractivity contribution in [2.45, 2.75) is 37.9 Å². The van der Waals surface area contributed by atoms with Crippen LogP contribution in [0.15, 0.2) is 5.11 Å². The molecule has 12 heavy (non-hydrogen) atoms. The quantitative estimate of drug-likeness (QED) is 0.335. The van der Waals surface area contributed by atoms with E-state index in [9.17, 15) is 5.11 Å². The first-order valence-electron chi connectivity index (χ1n) is 3.71. The molecular weight excluding hydrogens is 162 g/mol. The van der Waals surface area contributed by atoms with Gasteiger partial charge in [0.05, 0.1) is 18.2 Å². The van der Waals surface area contributed by atoms with E-state index in [1.165, 1.54) is 0 Å². The molecule has 0 aliphatic carbocycles. The molecule has 0 aromatic rings. The first kappa shape index (κ1) is 9.28. The van der Waals surface area contributed by atoms with E-state index in [0.29, 0.717) is 0 Å². The Hall–Kier alpha value is -0.810. The van der Waals surface area contributed by atoms with Gasteiger partial charge in [0.15, 0.2) is 6.29 Å². The van der Waals surface area contributed by atoms with Crippen LogP contribution >= 0.6 is 0 Å². The summed E-state index contributed by atoms with van der Waals surface area (Å²) in [5, 5.41) is 21.8. The topological polar surface area (TPSA) is 98.5 Å². The number of nitrogens with zero attached hydrogens (tertiary/aromatic N) is 3. The van der Waals surface area contributed by atoms with E-state index in [1.807, 2.05) is 0 Å². The average molecular weight is 173 g/mol. The van der Waals surface area contributed by atoms with Crippen molar-refractivity contribution in [3.8, 4) is 0 Å². The normalized spacial score (nSPS) is 41.9. The summed E-state index contributed by atoms with van der Waals surface area (Å²) in [5.41, 5.74) is 8.13. The molecule has 0 radical (unpaired) electrons. The van der Waals surface area contributed by atoms with Crippen molar-refractivity contribution in [1.29, 1.82) is 0 Å². The summed E-state index contributed by atoms with van der Waals surface area (Å²) < 4.78 is 4.90. The monoisotopic (exact) mass is 173 g/mol. The zero-order valence-corrected chi connectivity index (χ0v) is 6.66. The summed E-state index contributed by atoms with van der Waals surface area (Å²) in [7, 11) is 0. The van der Waals surface area contributed by atoms with Crippen LogP contribution in [0.2, 0.25) is 0 Å². The molecule has 0 spiro atoms. The zero-order chi connectivity index (χ0) is 9.14. The first-order valence-corrected chi connectivity index (χ1v) is 3.71.